The van der Waals surface area contributed by atoms with Gasteiger partial charge in [0, 0.05) is 6.42 Å². The molecule has 20 heavy (non-hydrogen) atoms. The molecule has 0 aromatic rings. The lowest BCUT2D eigenvalue weighted by Gasteiger charge is -2.22. The molecule has 0 saturated heterocycles. The van der Waals surface area contributed by atoms with Gasteiger partial charge in [0.1, 0.15) is 0 Å². The summed E-state index contributed by atoms with van der Waals surface area (Å²) in [4.78, 5) is 11.4. The average molecular weight is 284 g/mol. The molecule has 0 fully saturated rings. The van der Waals surface area contributed by atoms with Gasteiger partial charge in [-0.2, -0.15) is 0 Å². The minimum Gasteiger partial charge on any atom is -0.466 e. The van der Waals surface area contributed by atoms with Crippen molar-refractivity contribution in [3.63, 3.8) is 0 Å². The van der Waals surface area contributed by atoms with Gasteiger partial charge in [-0.1, -0.05) is 60.3 Å². The molecule has 120 valence electrons. The molecule has 0 saturated carbocycles. The van der Waals surface area contributed by atoms with Crippen molar-refractivity contribution in [2.45, 2.75) is 80.1 Å². The van der Waals surface area contributed by atoms with Gasteiger partial charge in [-0.3, -0.25) is 4.79 Å². The minimum atomic E-state index is -0.0440. The summed E-state index contributed by atoms with van der Waals surface area (Å²) in [6.07, 6.45) is 6.90. The molecule has 0 rings (SSSR count). The summed E-state index contributed by atoms with van der Waals surface area (Å²) in [6, 6.07) is 0. The van der Waals surface area contributed by atoms with Crippen LogP contribution in [0.1, 0.15) is 80.1 Å². The fraction of sp³-hybridized carbons (Fsp3) is 0.944. The monoisotopic (exact) mass is 284 g/mol. The Labute approximate surface area is 126 Å². The topological polar surface area (TPSA) is 26.3 Å². The van der Waals surface area contributed by atoms with Crippen molar-refractivity contribution in [3.05, 3.63) is 0 Å². The van der Waals surface area contributed by atoms with Crippen molar-refractivity contribution in [1.29, 1.82) is 0 Å². The molecule has 4 atom stereocenters. The molecule has 4 unspecified atom stereocenters. The number of carbonyl (C=O) groups is 1. The van der Waals surface area contributed by atoms with Crippen molar-refractivity contribution in [3.8, 4) is 0 Å². The summed E-state index contributed by atoms with van der Waals surface area (Å²) in [5.41, 5.74) is 0. The smallest absolute Gasteiger partial charge is 0.306 e. The number of hydrogen-bond acceptors (Lipinski definition) is 2. The summed E-state index contributed by atoms with van der Waals surface area (Å²) in [5, 5.41) is 0. The fourth-order valence-corrected chi connectivity index (χ4v) is 2.47. The number of carbonyl (C=O) groups excluding carboxylic acids is 1. The van der Waals surface area contributed by atoms with Crippen LogP contribution in [0.4, 0.5) is 0 Å². The van der Waals surface area contributed by atoms with E-state index in [9.17, 15) is 4.79 Å². The van der Waals surface area contributed by atoms with Crippen LogP contribution < -0.4 is 0 Å². The number of rotatable bonds is 11. The normalized spacial score (nSPS) is 17.3. The maximum atomic E-state index is 11.4. The van der Waals surface area contributed by atoms with Crippen molar-refractivity contribution < 1.29 is 9.53 Å². The largest absolute Gasteiger partial charge is 0.466 e. The van der Waals surface area contributed by atoms with E-state index in [2.05, 4.69) is 34.6 Å². The van der Waals surface area contributed by atoms with Crippen LogP contribution in [0.2, 0.25) is 0 Å². The Morgan fingerprint density at radius 2 is 1.35 bits per heavy atom. The van der Waals surface area contributed by atoms with E-state index >= 15 is 0 Å². The predicted octanol–water partition coefficient (Wildman–Crippen LogP) is 5.45. The molecule has 2 heteroatoms. The quantitative estimate of drug-likeness (QED) is 0.471. The van der Waals surface area contributed by atoms with Gasteiger partial charge in [0.2, 0.25) is 0 Å². The average Bonchev–Trinajstić information content (AvgIpc) is 2.41. The Balaban J connectivity index is 3.84. The van der Waals surface area contributed by atoms with E-state index in [1.165, 1.54) is 25.7 Å². The third kappa shape index (κ3) is 9.39. The van der Waals surface area contributed by atoms with Crippen LogP contribution in [-0.2, 0) is 9.53 Å². The molecule has 0 aliphatic heterocycles. The molecule has 0 aromatic carbocycles. The molecule has 0 radical (unpaired) electrons. The lowest BCUT2D eigenvalue weighted by Crippen LogP contribution is -2.13. The van der Waals surface area contributed by atoms with Gasteiger partial charge in [-0.15, -0.1) is 0 Å². The molecular formula is C18H36O2. The summed E-state index contributed by atoms with van der Waals surface area (Å²) in [5.74, 6) is 2.80. The van der Waals surface area contributed by atoms with E-state index in [1.807, 2.05) is 6.92 Å². The summed E-state index contributed by atoms with van der Waals surface area (Å²) in [7, 11) is 0. The number of esters is 1. The standard InChI is InChI=1S/C18H36O2/c1-7-14(3)9-11-16(5)17(6)12-10-15(4)13-18(19)20-8-2/h14-17H,7-13H2,1-6H3. The molecule has 0 aromatic heterocycles. The second kappa shape index (κ2) is 11.2. The van der Waals surface area contributed by atoms with Crippen LogP contribution in [0.5, 0.6) is 0 Å². The van der Waals surface area contributed by atoms with Crippen LogP contribution in [0.25, 0.3) is 0 Å². The first-order valence-electron chi connectivity index (χ1n) is 8.56. The van der Waals surface area contributed by atoms with Crippen molar-refractivity contribution in [1.82, 2.24) is 0 Å². The van der Waals surface area contributed by atoms with Crippen LogP contribution in [0.15, 0.2) is 0 Å². The molecule has 0 heterocycles. The zero-order chi connectivity index (χ0) is 15.5. The second-order valence-corrected chi connectivity index (χ2v) is 6.74. The van der Waals surface area contributed by atoms with E-state index in [4.69, 9.17) is 4.74 Å². The highest BCUT2D eigenvalue weighted by Gasteiger charge is 2.16. The Hall–Kier alpha value is -0.530. The zero-order valence-electron chi connectivity index (χ0n) is 14.6. The first kappa shape index (κ1) is 19.5. The molecule has 0 N–H and O–H groups in total. The van der Waals surface area contributed by atoms with Gasteiger partial charge in [0.05, 0.1) is 6.61 Å². The summed E-state index contributed by atoms with van der Waals surface area (Å²) < 4.78 is 5.01. The highest BCUT2D eigenvalue weighted by molar-refractivity contribution is 5.69. The lowest BCUT2D eigenvalue weighted by atomic mass is 9.84. The maximum absolute atomic E-state index is 11.4. The van der Waals surface area contributed by atoms with E-state index < -0.39 is 0 Å². The Morgan fingerprint density at radius 1 is 0.850 bits per heavy atom. The van der Waals surface area contributed by atoms with Gasteiger partial charge >= 0.3 is 5.97 Å². The van der Waals surface area contributed by atoms with E-state index in [0.717, 1.165) is 24.2 Å². The van der Waals surface area contributed by atoms with Crippen LogP contribution in [0, 0.1) is 23.7 Å². The fourth-order valence-electron chi connectivity index (χ4n) is 2.47. The lowest BCUT2D eigenvalue weighted by molar-refractivity contribution is -0.144. The van der Waals surface area contributed by atoms with Gasteiger partial charge < -0.3 is 4.74 Å². The zero-order valence-corrected chi connectivity index (χ0v) is 14.6. The van der Waals surface area contributed by atoms with E-state index in [1.54, 1.807) is 0 Å². The summed E-state index contributed by atoms with van der Waals surface area (Å²) >= 11 is 0. The molecule has 0 bridgehead atoms. The molecule has 0 aliphatic carbocycles. The van der Waals surface area contributed by atoms with Gasteiger partial charge in [0.25, 0.3) is 0 Å². The molecule has 0 spiro atoms. The first-order valence-corrected chi connectivity index (χ1v) is 8.56. The van der Waals surface area contributed by atoms with Crippen LogP contribution in [0.3, 0.4) is 0 Å². The Morgan fingerprint density at radius 3 is 1.80 bits per heavy atom. The SMILES string of the molecule is CCOC(=O)CC(C)CCC(C)C(C)CCC(C)CC. The molecule has 0 aliphatic rings. The highest BCUT2D eigenvalue weighted by atomic mass is 16.5. The molecule has 2 nitrogen and oxygen atoms in total. The van der Waals surface area contributed by atoms with Gasteiger partial charge in [-0.05, 0) is 37.0 Å². The molecule has 0 amide bonds. The van der Waals surface area contributed by atoms with Gasteiger partial charge in [-0.25, -0.2) is 0 Å². The third-order valence-electron chi connectivity index (χ3n) is 4.72. The minimum absolute atomic E-state index is 0.0440. The molecular weight excluding hydrogens is 248 g/mol. The van der Waals surface area contributed by atoms with Crippen LogP contribution >= 0.6 is 0 Å². The number of ether oxygens (including phenoxy) is 1. The van der Waals surface area contributed by atoms with Crippen molar-refractivity contribution in [2.24, 2.45) is 23.7 Å². The van der Waals surface area contributed by atoms with Crippen molar-refractivity contribution in [2.75, 3.05) is 6.61 Å². The first-order chi connectivity index (χ1) is 9.40. The highest BCUT2D eigenvalue weighted by Crippen LogP contribution is 2.26. The predicted molar refractivity (Wildman–Crippen MR) is 86.7 cm³/mol. The Kier molecular flexibility index (Phi) is 10.9. The summed E-state index contributed by atoms with van der Waals surface area (Å²) in [6.45, 7) is 13.9. The van der Waals surface area contributed by atoms with Crippen molar-refractivity contribution >= 4 is 5.97 Å². The second-order valence-electron chi connectivity index (χ2n) is 6.74. The van der Waals surface area contributed by atoms with E-state index in [0.29, 0.717) is 18.9 Å². The third-order valence-corrected chi connectivity index (χ3v) is 4.72. The number of hydrogen-bond donors (Lipinski definition) is 0. The Bertz CT molecular complexity index is 250. The maximum Gasteiger partial charge on any atom is 0.306 e. The van der Waals surface area contributed by atoms with Gasteiger partial charge in [0.15, 0.2) is 0 Å². The van der Waals surface area contributed by atoms with Crippen LogP contribution in [-0.4, -0.2) is 12.6 Å². The van der Waals surface area contributed by atoms with E-state index in [-0.39, 0.29) is 5.97 Å².